The van der Waals surface area contributed by atoms with Crippen molar-refractivity contribution in [3.8, 4) is 0 Å². The van der Waals surface area contributed by atoms with Gasteiger partial charge in [-0.3, -0.25) is 0 Å². The Morgan fingerprint density at radius 2 is 1.46 bits per heavy atom. The maximum Gasteiger partial charge on any atom is 0.370 e. The van der Waals surface area contributed by atoms with Crippen molar-refractivity contribution in [2.75, 3.05) is 26.2 Å². The van der Waals surface area contributed by atoms with E-state index in [-0.39, 0.29) is 12.0 Å². The lowest BCUT2D eigenvalue weighted by atomic mass is 10.1. The topological polar surface area (TPSA) is 202 Å². The fourth-order valence-electron chi connectivity index (χ4n) is 2.45. The van der Waals surface area contributed by atoms with E-state index in [1.54, 1.807) is 6.08 Å². The Balaban J connectivity index is 0. The summed E-state index contributed by atoms with van der Waals surface area (Å²) < 4.78 is 5.62. The molecule has 1 aromatic carbocycles. The van der Waals surface area contributed by atoms with E-state index in [0.717, 1.165) is 31.7 Å². The van der Waals surface area contributed by atoms with Crippen molar-refractivity contribution < 1.29 is 59.4 Å². The summed E-state index contributed by atoms with van der Waals surface area (Å²) in [6.45, 7) is 15.9. The molecule has 5 N–H and O–H groups in total. The first-order chi connectivity index (χ1) is 16.2. The number of nitrogens with two attached hydrogens (primary N) is 1. The van der Waals surface area contributed by atoms with Gasteiger partial charge in [0.2, 0.25) is 6.04 Å². The van der Waals surface area contributed by atoms with Gasteiger partial charge in [-0.15, -0.1) is 0 Å². The van der Waals surface area contributed by atoms with E-state index >= 15 is 0 Å². The van der Waals surface area contributed by atoms with E-state index in [9.17, 15) is 4.79 Å². The molecule has 0 heterocycles. The summed E-state index contributed by atoms with van der Waals surface area (Å²) in [6.07, 6.45) is 1.66. The molecule has 1 atom stereocenters. The smallest absolute Gasteiger partial charge is 0.370 e. The number of rotatable bonds is 10. The van der Waals surface area contributed by atoms with Crippen molar-refractivity contribution >= 4 is 29.8 Å². The van der Waals surface area contributed by atoms with Crippen LogP contribution in [0.5, 0.6) is 0 Å². The second-order valence-corrected chi connectivity index (χ2v) is 7.53. The van der Waals surface area contributed by atoms with Crippen LogP contribution < -0.4 is 20.4 Å². The van der Waals surface area contributed by atoms with Crippen molar-refractivity contribution in [2.24, 2.45) is 0 Å². The summed E-state index contributed by atoms with van der Waals surface area (Å²) in [5, 5.41) is 34.7. The Morgan fingerprint density at radius 3 is 1.80 bits per heavy atom. The summed E-state index contributed by atoms with van der Waals surface area (Å²) in [6, 6.07) is 9.50. The van der Waals surface area contributed by atoms with Crippen molar-refractivity contribution in [3.05, 3.63) is 48.6 Å². The number of carbonyl (C=O) groups is 5. The maximum atomic E-state index is 12.6. The normalized spacial score (nSPS) is 11.0. The second kappa shape index (κ2) is 17.7. The molecule has 0 radical (unpaired) electrons. The molecular formula is C23H34N2O10. The lowest BCUT2D eigenvalue weighted by Gasteiger charge is -2.24. The van der Waals surface area contributed by atoms with Gasteiger partial charge in [0, 0.05) is 5.56 Å². The van der Waals surface area contributed by atoms with E-state index in [1.165, 1.54) is 4.90 Å². The molecule has 0 aliphatic rings. The minimum Gasteiger partial charge on any atom is -0.539 e. The van der Waals surface area contributed by atoms with Crippen molar-refractivity contribution in [3.63, 3.8) is 0 Å². The predicted octanol–water partition coefficient (Wildman–Crippen LogP) is -3.63. The first-order valence-electron chi connectivity index (χ1n) is 10.7. The van der Waals surface area contributed by atoms with E-state index < -0.39 is 29.5 Å². The molecule has 1 unspecified atom stereocenters. The van der Waals surface area contributed by atoms with Gasteiger partial charge in [-0.05, 0) is 33.8 Å². The fraction of sp³-hybridized carbons (Fsp3) is 0.435. The average molecular weight is 499 g/mol. The Bertz CT molecular complexity index is 788. The lowest BCUT2D eigenvalue weighted by molar-refractivity contribution is -0.910. The summed E-state index contributed by atoms with van der Waals surface area (Å²) in [5.74, 6) is -8.23. The number of nitrogens with one attached hydrogen (secondary N) is 1. The fourth-order valence-corrected chi connectivity index (χ4v) is 2.45. The summed E-state index contributed by atoms with van der Waals surface area (Å²) >= 11 is 0. The maximum absolute atomic E-state index is 12.6. The monoisotopic (exact) mass is 498 g/mol. The van der Waals surface area contributed by atoms with Crippen molar-refractivity contribution in [1.82, 2.24) is 0 Å². The predicted molar refractivity (Wildman–Crippen MR) is 119 cm³/mol. The molecular weight excluding hydrogens is 464 g/mol. The van der Waals surface area contributed by atoms with Crippen LogP contribution in [-0.2, 0) is 28.7 Å². The number of carbonyl (C=O) groups excluding carboxylic acids is 3. The van der Waals surface area contributed by atoms with E-state index in [1.807, 2.05) is 44.2 Å². The molecule has 196 valence electrons. The van der Waals surface area contributed by atoms with Gasteiger partial charge in [-0.25, -0.2) is 14.4 Å². The number of carboxylic acids is 4. The number of esters is 1. The van der Waals surface area contributed by atoms with Crippen LogP contribution in [0.2, 0.25) is 0 Å². The number of quaternary nitrogens is 2. The molecule has 0 fully saturated rings. The Morgan fingerprint density at radius 1 is 1.03 bits per heavy atom. The number of benzene rings is 1. The van der Waals surface area contributed by atoms with Gasteiger partial charge in [0.15, 0.2) is 11.9 Å². The SMILES string of the molecule is C=CC(C)(C)OC(=O)C([NH2+]CC[NH+](CC)CC)c1ccccc1.O=C([O-])C(=O)O.O=C([O-])C(=O)O. The zero-order valence-corrected chi connectivity index (χ0v) is 20.3. The van der Waals surface area contributed by atoms with Gasteiger partial charge >= 0.3 is 17.9 Å². The minimum absolute atomic E-state index is 0.212. The van der Waals surface area contributed by atoms with Crippen LogP contribution in [0.15, 0.2) is 43.0 Å². The zero-order chi connectivity index (χ0) is 27.6. The van der Waals surface area contributed by atoms with E-state index in [0.29, 0.717) is 0 Å². The molecule has 0 saturated heterocycles. The quantitative estimate of drug-likeness (QED) is 0.142. The van der Waals surface area contributed by atoms with Crippen LogP contribution in [0.25, 0.3) is 0 Å². The third-order valence-corrected chi connectivity index (χ3v) is 4.52. The van der Waals surface area contributed by atoms with E-state index in [2.05, 4.69) is 25.7 Å². The molecule has 35 heavy (non-hydrogen) atoms. The highest BCUT2D eigenvalue weighted by Crippen LogP contribution is 2.16. The largest absolute Gasteiger partial charge is 0.539 e. The molecule has 1 aromatic rings. The van der Waals surface area contributed by atoms with Gasteiger partial charge in [0.25, 0.3) is 0 Å². The number of hydrogen-bond donors (Lipinski definition) is 4. The Kier molecular flexibility index (Phi) is 16.9. The molecule has 12 heteroatoms. The molecule has 0 spiro atoms. The molecule has 0 aliphatic heterocycles. The molecule has 0 aromatic heterocycles. The Labute approximate surface area is 203 Å². The zero-order valence-electron chi connectivity index (χ0n) is 20.3. The molecule has 0 bridgehead atoms. The number of hydrogen-bond acceptors (Lipinski definition) is 8. The minimum atomic E-state index is -2.07. The van der Waals surface area contributed by atoms with Crippen LogP contribution in [0, 0.1) is 0 Å². The number of ether oxygens (including phenoxy) is 1. The number of aliphatic carboxylic acids is 4. The lowest BCUT2D eigenvalue weighted by Crippen LogP contribution is -3.14. The first kappa shape index (κ1) is 33.4. The van der Waals surface area contributed by atoms with Gasteiger partial charge < -0.3 is 45.0 Å². The standard InChI is InChI=1S/C19H30N2O2.2C2H2O4/c1-6-19(4,5)23-18(22)17(16-12-10-9-11-13-16)20-14-15-21(7-2)8-3;2*3-1(4)2(5)6/h6,9-13,17,20H,1,7-8,14-15H2,2-5H3;2*(H,3,4)(H,5,6). The van der Waals surface area contributed by atoms with Crippen LogP contribution in [0.4, 0.5) is 0 Å². The highest BCUT2D eigenvalue weighted by molar-refractivity contribution is 6.26. The number of likely N-dealkylation sites (N-methyl/N-ethyl adjacent to an activating group) is 1. The van der Waals surface area contributed by atoms with Gasteiger partial charge in [-0.1, -0.05) is 36.9 Å². The summed E-state index contributed by atoms with van der Waals surface area (Å²) in [5.41, 5.74) is 0.328. The average Bonchev–Trinajstić information content (AvgIpc) is 2.80. The van der Waals surface area contributed by atoms with Crippen LogP contribution in [-0.4, -0.2) is 71.8 Å². The summed E-state index contributed by atoms with van der Waals surface area (Å²) in [7, 11) is 0. The van der Waals surface area contributed by atoms with Crippen molar-refractivity contribution in [1.29, 1.82) is 0 Å². The van der Waals surface area contributed by atoms with E-state index in [4.69, 9.17) is 44.3 Å². The number of carboxylic acid groups (broad SMARTS) is 4. The highest BCUT2D eigenvalue weighted by Gasteiger charge is 2.30. The Hall–Kier alpha value is -3.77. The molecule has 0 amide bonds. The molecule has 0 saturated carbocycles. The molecule has 0 aliphatic carbocycles. The van der Waals surface area contributed by atoms with Crippen LogP contribution in [0.3, 0.4) is 0 Å². The molecule has 1 rings (SSSR count). The van der Waals surface area contributed by atoms with Crippen LogP contribution >= 0.6 is 0 Å². The third-order valence-electron chi connectivity index (χ3n) is 4.52. The highest BCUT2D eigenvalue weighted by atomic mass is 16.6. The van der Waals surface area contributed by atoms with Gasteiger partial charge in [0.1, 0.15) is 18.7 Å². The van der Waals surface area contributed by atoms with Gasteiger partial charge in [-0.2, -0.15) is 0 Å². The summed E-state index contributed by atoms with van der Waals surface area (Å²) in [4.78, 5) is 50.2. The van der Waals surface area contributed by atoms with Crippen molar-refractivity contribution in [2.45, 2.75) is 39.3 Å². The second-order valence-electron chi connectivity index (χ2n) is 7.53. The first-order valence-corrected chi connectivity index (χ1v) is 10.7. The van der Waals surface area contributed by atoms with Crippen LogP contribution in [0.1, 0.15) is 39.3 Å². The van der Waals surface area contributed by atoms with Gasteiger partial charge in [0.05, 0.1) is 13.1 Å². The molecule has 12 nitrogen and oxygen atoms in total. The third kappa shape index (κ3) is 16.5.